The summed E-state index contributed by atoms with van der Waals surface area (Å²) in [6.07, 6.45) is 2.63. The third kappa shape index (κ3) is 7.71. The number of sulfonamides is 1. The van der Waals surface area contributed by atoms with Crippen LogP contribution in [-0.2, 0) is 26.2 Å². The van der Waals surface area contributed by atoms with Crippen molar-refractivity contribution in [2.45, 2.75) is 39.3 Å². The second-order valence-corrected chi connectivity index (χ2v) is 10.0. The lowest BCUT2D eigenvalue weighted by molar-refractivity contribution is -0.139. The summed E-state index contributed by atoms with van der Waals surface area (Å²) in [6, 6.07) is 11.1. The van der Waals surface area contributed by atoms with Gasteiger partial charge >= 0.3 is 0 Å². The maximum absolute atomic E-state index is 14.3. The summed E-state index contributed by atoms with van der Waals surface area (Å²) in [5, 5.41) is 3.07. The average molecular weight is 498 g/mol. The van der Waals surface area contributed by atoms with E-state index in [1.807, 2.05) is 6.92 Å². The zero-order valence-electron chi connectivity index (χ0n) is 18.9. The molecule has 0 heterocycles. The Kier molecular flexibility index (Phi) is 9.67. The van der Waals surface area contributed by atoms with E-state index in [4.69, 9.17) is 11.6 Å². The number of unbranched alkanes of at least 4 members (excludes halogenated alkanes) is 1. The fourth-order valence-corrected chi connectivity index (χ4v) is 4.20. The first-order valence-corrected chi connectivity index (χ1v) is 12.8. The van der Waals surface area contributed by atoms with Crippen molar-refractivity contribution in [1.82, 2.24) is 10.2 Å². The highest BCUT2D eigenvalue weighted by atomic mass is 35.5. The molecule has 0 aliphatic heterocycles. The van der Waals surface area contributed by atoms with Gasteiger partial charge in [-0.3, -0.25) is 13.9 Å². The Morgan fingerprint density at radius 1 is 1.15 bits per heavy atom. The van der Waals surface area contributed by atoms with Gasteiger partial charge in [-0.25, -0.2) is 12.8 Å². The molecule has 1 N–H and O–H groups in total. The first kappa shape index (κ1) is 26.6. The lowest BCUT2D eigenvalue weighted by Gasteiger charge is -2.31. The minimum atomic E-state index is -3.86. The molecule has 0 spiro atoms. The van der Waals surface area contributed by atoms with E-state index < -0.39 is 40.2 Å². The molecular weight excluding hydrogens is 469 g/mol. The normalized spacial score (nSPS) is 12.2. The highest BCUT2D eigenvalue weighted by Crippen LogP contribution is 2.22. The van der Waals surface area contributed by atoms with Crippen LogP contribution in [0.3, 0.4) is 0 Å². The molecule has 0 bridgehead atoms. The second kappa shape index (κ2) is 12.0. The quantitative estimate of drug-likeness (QED) is 0.481. The first-order valence-electron chi connectivity index (χ1n) is 10.6. The van der Waals surface area contributed by atoms with E-state index in [0.29, 0.717) is 11.6 Å². The summed E-state index contributed by atoms with van der Waals surface area (Å²) >= 11 is 6.00. The lowest BCUT2D eigenvalue weighted by atomic mass is 10.1. The van der Waals surface area contributed by atoms with Gasteiger partial charge in [-0.05, 0) is 37.6 Å². The highest BCUT2D eigenvalue weighted by molar-refractivity contribution is 7.92. The van der Waals surface area contributed by atoms with Crippen LogP contribution in [0.15, 0.2) is 48.5 Å². The van der Waals surface area contributed by atoms with E-state index in [1.165, 1.54) is 42.2 Å². The Bertz CT molecular complexity index is 1080. The molecule has 1 atom stereocenters. The molecule has 0 aliphatic carbocycles. The van der Waals surface area contributed by atoms with Crippen molar-refractivity contribution in [3.05, 3.63) is 64.9 Å². The fourth-order valence-electron chi connectivity index (χ4n) is 3.17. The molecule has 10 heteroatoms. The minimum absolute atomic E-state index is 0.193. The summed E-state index contributed by atoms with van der Waals surface area (Å²) in [4.78, 5) is 27.2. The Morgan fingerprint density at radius 2 is 1.85 bits per heavy atom. The Labute approximate surface area is 199 Å². The molecule has 7 nitrogen and oxygen atoms in total. The molecule has 0 radical (unpaired) electrons. The van der Waals surface area contributed by atoms with Crippen LogP contribution in [0.5, 0.6) is 0 Å². The predicted octanol–water partition coefficient (Wildman–Crippen LogP) is 3.58. The molecule has 2 amide bonds. The maximum Gasteiger partial charge on any atom is 0.244 e. The van der Waals surface area contributed by atoms with E-state index in [9.17, 15) is 22.4 Å². The lowest BCUT2D eigenvalue weighted by Crippen LogP contribution is -2.51. The Balaban J connectivity index is 2.36. The van der Waals surface area contributed by atoms with Crippen molar-refractivity contribution in [2.24, 2.45) is 0 Å². The minimum Gasteiger partial charge on any atom is -0.354 e. The molecule has 0 aromatic heterocycles. The number of rotatable bonds is 11. The third-order valence-corrected chi connectivity index (χ3v) is 6.45. The number of carbonyl (C=O) groups is 2. The summed E-state index contributed by atoms with van der Waals surface area (Å²) < 4.78 is 40.2. The van der Waals surface area contributed by atoms with Gasteiger partial charge < -0.3 is 10.2 Å². The van der Waals surface area contributed by atoms with Crippen LogP contribution in [-0.4, -0.2) is 50.5 Å². The largest absolute Gasteiger partial charge is 0.354 e. The SMILES string of the molecule is CCCCNC(=O)[C@H](C)N(Cc1ccccc1F)C(=O)CN(c1cccc(Cl)c1)S(C)(=O)=O. The predicted molar refractivity (Wildman–Crippen MR) is 128 cm³/mol. The average Bonchev–Trinajstić information content (AvgIpc) is 2.75. The van der Waals surface area contributed by atoms with E-state index in [2.05, 4.69) is 5.32 Å². The summed E-state index contributed by atoms with van der Waals surface area (Å²) in [5.74, 6) is -1.58. The van der Waals surface area contributed by atoms with Crippen molar-refractivity contribution in [3.8, 4) is 0 Å². The molecule has 0 unspecified atom stereocenters. The molecule has 0 fully saturated rings. The number of carbonyl (C=O) groups excluding carboxylic acids is 2. The van der Waals surface area contributed by atoms with Crippen molar-refractivity contribution >= 4 is 39.1 Å². The molecule has 0 saturated heterocycles. The van der Waals surface area contributed by atoms with Crippen LogP contribution in [0.1, 0.15) is 32.3 Å². The molecule has 2 aromatic rings. The van der Waals surface area contributed by atoms with Crippen LogP contribution < -0.4 is 9.62 Å². The van der Waals surface area contributed by atoms with Crippen molar-refractivity contribution in [1.29, 1.82) is 0 Å². The van der Waals surface area contributed by atoms with Crippen LogP contribution in [0.4, 0.5) is 10.1 Å². The van der Waals surface area contributed by atoms with E-state index in [-0.39, 0.29) is 17.8 Å². The molecule has 0 saturated carbocycles. The van der Waals surface area contributed by atoms with E-state index in [0.717, 1.165) is 23.4 Å². The zero-order valence-corrected chi connectivity index (χ0v) is 20.5. The van der Waals surface area contributed by atoms with Gasteiger partial charge in [-0.1, -0.05) is 49.2 Å². The number of halogens is 2. The third-order valence-electron chi connectivity index (χ3n) is 5.07. The van der Waals surface area contributed by atoms with E-state index in [1.54, 1.807) is 18.2 Å². The molecule has 0 aliphatic rings. The van der Waals surface area contributed by atoms with Crippen LogP contribution in [0.2, 0.25) is 5.02 Å². The van der Waals surface area contributed by atoms with Gasteiger partial charge in [0.15, 0.2) is 0 Å². The van der Waals surface area contributed by atoms with Gasteiger partial charge in [-0.15, -0.1) is 0 Å². The number of nitrogens with zero attached hydrogens (tertiary/aromatic N) is 2. The number of hydrogen-bond acceptors (Lipinski definition) is 4. The molecule has 2 rings (SSSR count). The van der Waals surface area contributed by atoms with Gasteiger partial charge in [0.05, 0.1) is 11.9 Å². The first-order chi connectivity index (χ1) is 15.5. The van der Waals surface area contributed by atoms with Crippen LogP contribution in [0.25, 0.3) is 0 Å². The highest BCUT2D eigenvalue weighted by Gasteiger charge is 2.30. The van der Waals surface area contributed by atoms with Crippen molar-refractivity contribution in [2.75, 3.05) is 23.7 Å². The van der Waals surface area contributed by atoms with Crippen molar-refractivity contribution in [3.63, 3.8) is 0 Å². The number of benzene rings is 2. The van der Waals surface area contributed by atoms with Gasteiger partial charge in [0, 0.05) is 23.7 Å². The van der Waals surface area contributed by atoms with Gasteiger partial charge in [0.2, 0.25) is 21.8 Å². The van der Waals surface area contributed by atoms with Crippen LogP contribution in [0, 0.1) is 5.82 Å². The fraction of sp³-hybridized carbons (Fsp3) is 0.391. The summed E-state index contributed by atoms with van der Waals surface area (Å²) in [7, 11) is -3.86. The van der Waals surface area contributed by atoms with Crippen LogP contribution >= 0.6 is 11.6 Å². The molecule has 33 heavy (non-hydrogen) atoms. The number of hydrogen-bond donors (Lipinski definition) is 1. The number of amides is 2. The number of nitrogens with one attached hydrogen (secondary N) is 1. The van der Waals surface area contributed by atoms with Gasteiger partial charge in [-0.2, -0.15) is 0 Å². The van der Waals surface area contributed by atoms with E-state index >= 15 is 0 Å². The topological polar surface area (TPSA) is 86.8 Å². The molecule has 2 aromatic carbocycles. The zero-order chi connectivity index (χ0) is 24.6. The summed E-state index contributed by atoms with van der Waals surface area (Å²) in [5.41, 5.74) is 0.428. The molecular formula is C23H29ClFN3O4S. The van der Waals surface area contributed by atoms with Gasteiger partial charge in [0.25, 0.3) is 0 Å². The monoisotopic (exact) mass is 497 g/mol. The smallest absolute Gasteiger partial charge is 0.244 e. The Hall–Kier alpha value is -2.65. The maximum atomic E-state index is 14.3. The van der Waals surface area contributed by atoms with Gasteiger partial charge in [0.1, 0.15) is 18.4 Å². The number of anilines is 1. The molecule has 180 valence electrons. The summed E-state index contributed by atoms with van der Waals surface area (Å²) in [6.45, 7) is 3.20. The second-order valence-electron chi connectivity index (χ2n) is 7.68. The Morgan fingerprint density at radius 3 is 2.45 bits per heavy atom. The standard InChI is InChI=1S/C23H29ClFN3O4S/c1-4-5-13-26-23(30)17(2)27(15-18-9-6-7-12-21(18)25)22(29)16-28(33(3,31)32)20-11-8-10-19(24)14-20/h6-12,14,17H,4-5,13,15-16H2,1-3H3,(H,26,30)/t17-/m0/s1. The van der Waals surface area contributed by atoms with Crippen molar-refractivity contribution < 1.29 is 22.4 Å².